The Labute approximate surface area is 112 Å². The molecule has 3 nitrogen and oxygen atoms in total. The molecule has 98 valence electrons. The molecule has 1 aromatic carbocycles. The van der Waals surface area contributed by atoms with Crippen LogP contribution in [0.15, 0.2) is 42.7 Å². The number of carboxylic acid groups (broad SMARTS) is 1. The molecule has 19 heavy (non-hydrogen) atoms. The van der Waals surface area contributed by atoms with E-state index in [0.717, 1.165) is 22.3 Å². The number of nitrogens with zero attached hydrogens (tertiary/aromatic N) is 1. The summed E-state index contributed by atoms with van der Waals surface area (Å²) in [5.74, 6) is -1.32. The van der Waals surface area contributed by atoms with E-state index >= 15 is 0 Å². The van der Waals surface area contributed by atoms with Crippen LogP contribution in [-0.2, 0) is 11.2 Å². The number of hydrogen-bond acceptors (Lipinski definition) is 2. The molecule has 3 heteroatoms. The lowest BCUT2D eigenvalue weighted by Gasteiger charge is -2.15. The van der Waals surface area contributed by atoms with Crippen molar-refractivity contribution in [2.75, 3.05) is 0 Å². The third-order valence-corrected chi connectivity index (χ3v) is 3.26. The average Bonchev–Trinajstić information content (AvgIpc) is 2.37. The molecular weight excluding hydrogens is 238 g/mol. The monoisotopic (exact) mass is 255 g/mol. The van der Waals surface area contributed by atoms with Gasteiger partial charge in [0, 0.05) is 12.4 Å². The number of pyridine rings is 1. The number of benzene rings is 1. The van der Waals surface area contributed by atoms with E-state index in [2.05, 4.69) is 4.98 Å². The van der Waals surface area contributed by atoms with Gasteiger partial charge in [0.05, 0.1) is 5.92 Å². The summed E-state index contributed by atoms with van der Waals surface area (Å²) in [6.45, 7) is 3.91. The van der Waals surface area contributed by atoms with Crippen LogP contribution in [0.4, 0.5) is 0 Å². The Balaban J connectivity index is 2.32. The van der Waals surface area contributed by atoms with Gasteiger partial charge < -0.3 is 5.11 Å². The van der Waals surface area contributed by atoms with E-state index in [-0.39, 0.29) is 0 Å². The van der Waals surface area contributed by atoms with Gasteiger partial charge in [0.2, 0.25) is 0 Å². The first kappa shape index (κ1) is 13.3. The molecule has 0 spiro atoms. The molecule has 0 fully saturated rings. The first-order valence-electron chi connectivity index (χ1n) is 6.27. The third-order valence-electron chi connectivity index (χ3n) is 3.26. The largest absolute Gasteiger partial charge is 0.481 e. The summed E-state index contributed by atoms with van der Waals surface area (Å²) in [6, 6.07) is 9.77. The Kier molecular flexibility index (Phi) is 3.95. The molecule has 1 aromatic heterocycles. The zero-order chi connectivity index (χ0) is 13.8. The number of carboxylic acids is 1. The van der Waals surface area contributed by atoms with Crippen LogP contribution in [0, 0.1) is 13.8 Å². The molecular formula is C16H17NO2. The quantitative estimate of drug-likeness (QED) is 0.913. The van der Waals surface area contributed by atoms with Crippen LogP contribution in [0.25, 0.3) is 0 Å². The smallest absolute Gasteiger partial charge is 0.311 e. The van der Waals surface area contributed by atoms with Crippen LogP contribution >= 0.6 is 0 Å². The van der Waals surface area contributed by atoms with Gasteiger partial charge in [0.1, 0.15) is 0 Å². The van der Waals surface area contributed by atoms with Gasteiger partial charge in [0.15, 0.2) is 0 Å². The molecule has 0 amide bonds. The number of aryl methyl sites for hydroxylation is 2. The number of hydrogen-bond donors (Lipinski definition) is 1. The van der Waals surface area contributed by atoms with E-state index < -0.39 is 11.9 Å². The second kappa shape index (κ2) is 5.65. The second-order valence-electron chi connectivity index (χ2n) is 4.82. The van der Waals surface area contributed by atoms with E-state index in [0.29, 0.717) is 6.42 Å². The lowest BCUT2D eigenvalue weighted by atomic mass is 9.90. The first-order valence-corrected chi connectivity index (χ1v) is 6.27. The fourth-order valence-corrected chi connectivity index (χ4v) is 2.28. The zero-order valence-corrected chi connectivity index (χ0v) is 11.1. The molecule has 0 saturated carbocycles. The van der Waals surface area contributed by atoms with Gasteiger partial charge in [-0.2, -0.15) is 0 Å². The van der Waals surface area contributed by atoms with Crippen molar-refractivity contribution >= 4 is 5.97 Å². The van der Waals surface area contributed by atoms with Crippen molar-refractivity contribution in [3.8, 4) is 0 Å². The summed E-state index contributed by atoms with van der Waals surface area (Å²) in [7, 11) is 0. The molecule has 1 heterocycles. The maximum atomic E-state index is 11.5. The lowest BCUT2D eigenvalue weighted by Crippen LogP contribution is -2.15. The van der Waals surface area contributed by atoms with Gasteiger partial charge in [-0.05, 0) is 43.0 Å². The van der Waals surface area contributed by atoms with Crippen LogP contribution in [0.3, 0.4) is 0 Å². The maximum Gasteiger partial charge on any atom is 0.311 e. The minimum absolute atomic E-state index is 0.502. The van der Waals surface area contributed by atoms with Gasteiger partial charge in [-0.3, -0.25) is 9.78 Å². The van der Waals surface area contributed by atoms with Gasteiger partial charge >= 0.3 is 5.97 Å². The van der Waals surface area contributed by atoms with Crippen molar-refractivity contribution < 1.29 is 9.90 Å². The Morgan fingerprint density at radius 3 is 2.74 bits per heavy atom. The summed E-state index contributed by atoms with van der Waals surface area (Å²) in [5, 5.41) is 9.46. The highest BCUT2D eigenvalue weighted by Gasteiger charge is 2.21. The van der Waals surface area contributed by atoms with Crippen molar-refractivity contribution in [1.29, 1.82) is 0 Å². The maximum absolute atomic E-state index is 11.5. The predicted octanol–water partition coefficient (Wildman–Crippen LogP) is 3.11. The van der Waals surface area contributed by atoms with Crippen molar-refractivity contribution in [3.05, 3.63) is 65.0 Å². The van der Waals surface area contributed by atoms with Crippen LogP contribution in [0.2, 0.25) is 0 Å². The van der Waals surface area contributed by atoms with E-state index in [1.54, 1.807) is 18.5 Å². The van der Waals surface area contributed by atoms with Crippen LogP contribution in [0.5, 0.6) is 0 Å². The highest BCUT2D eigenvalue weighted by Crippen LogP contribution is 2.24. The SMILES string of the molecule is Cc1cccc(CC(C(=O)O)c2ccncc2C)c1. The van der Waals surface area contributed by atoms with Gasteiger partial charge in [-0.1, -0.05) is 29.8 Å². The standard InChI is InChI=1S/C16H17NO2/c1-11-4-3-5-13(8-11)9-15(16(18)19)14-6-7-17-10-12(14)2/h3-8,10,15H,9H2,1-2H3,(H,18,19). The predicted molar refractivity (Wildman–Crippen MR) is 74.2 cm³/mol. The molecule has 0 radical (unpaired) electrons. The van der Waals surface area contributed by atoms with E-state index in [9.17, 15) is 9.90 Å². The zero-order valence-electron chi connectivity index (χ0n) is 11.1. The Bertz CT molecular complexity index is 593. The normalized spacial score (nSPS) is 12.1. The van der Waals surface area contributed by atoms with Crippen LogP contribution in [0.1, 0.15) is 28.2 Å². The molecule has 0 aliphatic rings. The molecule has 0 aliphatic carbocycles. The molecule has 0 bridgehead atoms. The summed E-state index contributed by atoms with van der Waals surface area (Å²) >= 11 is 0. The molecule has 1 atom stereocenters. The van der Waals surface area contributed by atoms with E-state index in [1.807, 2.05) is 38.1 Å². The Hall–Kier alpha value is -2.16. The highest BCUT2D eigenvalue weighted by atomic mass is 16.4. The Morgan fingerprint density at radius 1 is 1.32 bits per heavy atom. The summed E-state index contributed by atoms with van der Waals surface area (Å²) in [4.78, 5) is 15.5. The summed E-state index contributed by atoms with van der Waals surface area (Å²) in [6.07, 6.45) is 3.86. The topological polar surface area (TPSA) is 50.2 Å². The first-order chi connectivity index (χ1) is 9.08. The second-order valence-corrected chi connectivity index (χ2v) is 4.82. The van der Waals surface area contributed by atoms with Crippen molar-refractivity contribution in [3.63, 3.8) is 0 Å². The molecule has 0 saturated heterocycles. The summed E-state index contributed by atoms with van der Waals surface area (Å²) in [5.41, 5.74) is 3.95. The number of aromatic nitrogens is 1. The van der Waals surface area contributed by atoms with Crippen LogP contribution < -0.4 is 0 Å². The lowest BCUT2D eigenvalue weighted by molar-refractivity contribution is -0.138. The molecule has 2 aromatic rings. The number of rotatable bonds is 4. The molecule has 2 rings (SSSR count). The Morgan fingerprint density at radius 2 is 2.11 bits per heavy atom. The van der Waals surface area contributed by atoms with Crippen molar-refractivity contribution in [1.82, 2.24) is 4.98 Å². The third kappa shape index (κ3) is 3.19. The van der Waals surface area contributed by atoms with Crippen LogP contribution in [-0.4, -0.2) is 16.1 Å². The van der Waals surface area contributed by atoms with E-state index in [1.165, 1.54) is 0 Å². The van der Waals surface area contributed by atoms with Crippen molar-refractivity contribution in [2.45, 2.75) is 26.2 Å². The molecule has 1 unspecified atom stereocenters. The van der Waals surface area contributed by atoms with E-state index in [4.69, 9.17) is 0 Å². The van der Waals surface area contributed by atoms with Crippen molar-refractivity contribution in [2.24, 2.45) is 0 Å². The minimum Gasteiger partial charge on any atom is -0.481 e. The van der Waals surface area contributed by atoms with Gasteiger partial charge in [-0.25, -0.2) is 0 Å². The number of carbonyl (C=O) groups is 1. The fourth-order valence-electron chi connectivity index (χ4n) is 2.28. The fraction of sp³-hybridized carbons (Fsp3) is 0.250. The van der Waals surface area contributed by atoms with Gasteiger partial charge in [-0.15, -0.1) is 0 Å². The summed E-state index contributed by atoms with van der Waals surface area (Å²) < 4.78 is 0. The average molecular weight is 255 g/mol. The minimum atomic E-state index is -0.796. The molecule has 0 aliphatic heterocycles. The molecule has 1 N–H and O–H groups in total. The number of aliphatic carboxylic acids is 1. The highest BCUT2D eigenvalue weighted by molar-refractivity contribution is 5.77. The van der Waals surface area contributed by atoms with Gasteiger partial charge in [0.25, 0.3) is 0 Å².